The minimum atomic E-state index is -4.99. The third kappa shape index (κ3) is 4.46. The van der Waals surface area contributed by atoms with Gasteiger partial charge >= 0.3 is 6.36 Å². The number of phenols is 1. The van der Waals surface area contributed by atoms with E-state index in [1.165, 1.54) is 4.90 Å². The summed E-state index contributed by atoms with van der Waals surface area (Å²) in [7, 11) is 0. The van der Waals surface area contributed by atoms with Crippen LogP contribution in [0.3, 0.4) is 0 Å². The van der Waals surface area contributed by atoms with E-state index < -0.39 is 42.0 Å². The van der Waals surface area contributed by atoms with Crippen molar-refractivity contribution < 1.29 is 36.9 Å². The van der Waals surface area contributed by atoms with Gasteiger partial charge < -0.3 is 20.3 Å². The molecule has 0 radical (unpaired) electrons. The lowest BCUT2D eigenvalue weighted by molar-refractivity contribution is -0.274. The van der Waals surface area contributed by atoms with Crippen molar-refractivity contribution in [1.82, 2.24) is 10.2 Å². The number of hydrogen-bond acceptors (Lipinski definition) is 5. The van der Waals surface area contributed by atoms with E-state index in [1.54, 1.807) is 0 Å². The first kappa shape index (κ1) is 18.7. The molecule has 10 heteroatoms. The van der Waals surface area contributed by atoms with E-state index in [2.05, 4.69) is 10.1 Å². The highest BCUT2D eigenvalue weighted by Gasteiger charge is 2.45. The van der Waals surface area contributed by atoms with Crippen molar-refractivity contribution in [1.29, 1.82) is 0 Å². The minimum absolute atomic E-state index is 0.185. The van der Waals surface area contributed by atoms with Crippen LogP contribution in [0.25, 0.3) is 0 Å². The molecule has 1 aliphatic heterocycles. The van der Waals surface area contributed by atoms with Crippen molar-refractivity contribution in [3.63, 3.8) is 0 Å². The first-order valence-corrected chi connectivity index (χ1v) is 7.16. The topological polar surface area (TPSA) is 65.0 Å². The van der Waals surface area contributed by atoms with Crippen LogP contribution < -0.4 is 10.1 Å². The van der Waals surface area contributed by atoms with Gasteiger partial charge in [0.2, 0.25) is 0 Å². The van der Waals surface area contributed by atoms with Crippen molar-refractivity contribution in [2.75, 3.05) is 32.8 Å². The number of halogens is 5. The van der Waals surface area contributed by atoms with Gasteiger partial charge in [0.25, 0.3) is 5.92 Å². The molecule has 3 N–H and O–H groups in total. The van der Waals surface area contributed by atoms with Gasteiger partial charge in [-0.15, -0.1) is 13.2 Å². The molecule has 0 saturated carbocycles. The van der Waals surface area contributed by atoms with Crippen molar-refractivity contribution >= 4 is 0 Å². The summed E-state index contributed by atoms with van der Waals surface area (Å²) in [6.07, 6.45) is -4.99. The van der Waals surface area contributed by atoms with Gasteiger partial charge in [0.05, 0.1) is 0 Å². The van der Waals surface area contributed by atoms with E-state index in [-0.39, 0.29) is 13.1 Å². The normalized spacial score (nSPS) is 18.4. The molecule has 1 aromatic carbocycles. The van der Waals surface area contributed by atoms with E-state index in [9.17, 15) is 27.1 Å². The molecule has 0 unspecified atom stereocenters. The molecule has 1 aliphatic rings. The molecule has 0 aromatic heterocycles. The first-order valence-electron chi connectivity index (χ1n) is 7.16. The molecule has 136 valence electrons. The van der Waals surface area contributed by atoms with Gasteiger partial charge in [-0.25, -0.2) is 8.78 Å². The predicted octanol–water partition coefficient (Wildman–Crippen LogP) is 1.86. The van der Waals surface area contributed by atoms with Gasteiger partial charge in [-0.05, 0) is 18.2 Å². The number of benzene rings is 1. The molecule has 1 atom stereocenters. The summed E-state index contributed by atoms with van der Waals surface area (Å²) in [6, 6.07) is 0.637. The van der Waals surface area contributed by atoms with E-state index >= 15 is 0 Å². The molecule has 1 saturated heterocycles. The number of ether oxygens (including phenoxy) is 1. The van der Waals surface area contributed by atoms with Crippen molar-refractivity contribution in [2.45, 2.75) is 18.3 Å². The zero-order valence-corrected chi connectivity index (χ0v) is 12.5. The summed E-state index contributed by atoms with van der Waals surface area (Å²) in [5, 5.41) is 21.9. The number of nitrogens with zero attached hydrogens (tertiary/aromatic N) is 1. The molecule has 1 heterocycles. The Kier molecular flexibility index (Phi) is 5.51. The number of alkyl halides is 5. The fourth-order valence-electron chi connectivity index (χ4n) is 2.67. The summed E-state index contributed by atoms with van der Waals surface area (Å²) in [5.41, 5.74) is -0.433. The second kappa shape index (κ2) is 7.08. The zero-order chi connectivity index (χ0) is 18.0. The fourth-order valence-corrected chi connectivity index (χ4v) is 2.67. The quantitative estimate of drug-likeness (QED) is 0.703. The Bertz CT molecular complexity index is 562. The number of nitrogens with one attached hydrogen (secondary N) is 1. The van der Waals surface area contributed by atoms with Crippen LogP contribution in [-0.4, -0.2) is 60.2 Å². The number of rotatable bonds is 5. The highest BCUT2D eigenvalue weighted by atomic mass is 19.4. The predicted molar refractivity (Wildman–Crippen MR) is 74.0 cm³/mol. The summed E-state index contributed by atoms with van der Waals surface area (Å²) in [4.78, 5) is 1.30. The van der Waals surface area contributed by atoms with Crippen molar-refractivity contribution in [3.8, 4) is 11.5 Å². The Morgan fingerprint density at radius 3 is 2.33 bits per heavy atom. The van der Waals surface area contributed by atoms with Gasteiger partial charge in [-0.3, -0.25) is 4.90 Å². The Hall–Kier alpha value is -1.65. The Morgan fingerprint density at radius 2 is 1.79 bits per heavy atom. The van der Waals surface area contributed by atoms with Crippen molar-refractivity contribution in [2.24, 2.45) is 0 Å². The zero-order valence-electron chi connectivity index (χ0n) is 12.5. The van der Waals surface area contributed by atoms with E-state index in [4.69, 9.17) is 5.11 Å². The smallest absolute Gasteiger partial charge is 0.508 e. The second-order valence-corrected chi connectivity index (χ2v) is 5.38. The minimum Gasteiger partial charge on any atom is -0.508 e. The van der Waals surface area contributed by atoms with Gasteiger partial charge in [0.1, 0.15) is 24.1 Å². The molecular weight excluding hydrogens is 339 g/mol. The van der Waals surface area contributed by atoms with Crippen LogP contribution >= 0.6 is 0 Å². The molecular formula is C14H17F5N2O3. The van der Waals surface area contributed by atoms with E-state index in [0.717, 1.165) is 18.2 Å². The molecule has 0 bridgehead atoms. The van der Waals surface area contributed by atoms with Crippen LogP contribution in [-0.2, 0) is 0 Å². The van der Waals surface area contributed by atoms with E-state index in [0.29, 0.717) is 13.1 Å². The molecule has 24 heavy (non-hydrogen) atoms. The highest BCUT2D eigenvalue weighted by Crippen LogP contribution is 2.42. The fraction of sp³-hybridized carbons (Fsp3) is 0.571. The molecule has 2 rings (SSSR count). The van der Waals surface area contributed by atoms with Crippen LogP contribution in [0.5, 0.6) is 11.5 Å². The Morgan fingerprint density at radius 1 is 1.17 bits per heavy atom. The highest BCUT2D eigenvalue weighted by molar-refractivity contribution is 5.42. The van der Waals surface area contributed by atoms with Crippen LogP contribution in [0.1, 0.15) is 11.6 Å². The molecule has 0 spiro atoms. The number of aromatic hydroxyl groups is 1. The molecule has 0 aliphatic carbocycles. The monoisotopic (exact) mass is 356 g/mol. The van der Waals surface area contributed by atoms with Crippen LogP contribution in [0, 0.1) is 0 Å². The third-order valence-electron chi connectivity index (χ3n) is 3.65. The largest absolute Gasteiger partial charge is 0.573 e. The lowest BCUT2D eigenvalue weighted by Gasteiger charge is -2.39. The summed E-state index contributed by atoms with van der Waals surface area (Å²) >= 11 is 0. The summed E-state index contributed by atoms with van der Waals surface area (Å²) in [5.74, 6) is -4.98. The van der Waals surface area contributed by atoms with Crippen LogP contribution in [0.4, 0.5) is 22.0 Å². The van der Waals surface area contributed by atoms with Crippen molar-refractivity contribution in [3.05, 3.63) is 23.8 Å². The Balaban J connectivity index is 2.42. The van der Waals surface area contributed by atoms with Gasteiger partial charge in [-0.2, -0.15) is 0 Å². The SMILES string of the molecule is OCC(F)(F)[C@@H](c1cc(OC(F)(F)F)ccc1O)N1CCNCC1. The van der Waals surface area contributed by atoms with Gasteiger partial charge in [0.15, 0.2) is 0 Å². The second-order valence-electron chi connectivity index (χ2n) is 5.38. The van der Waals surface area contributed by atoms with Gasteiger partial charge in [0, 0.05) is 31.7 Å². The Labute approximate surface area is 134 Å². The average Bonchev–Trinajstić information content (AvgIpc) is 2.50. The maximum atomic E-state index is 14.3. The summed E-state index contributed by atoms with van der Waals surface area (Å²) in [6.45, 7) is -0.339. The number of hydrogen-bond donors (Lipinski definition) is 3. The number of piperazine rings is 1. The molecule has 1 fully saturated rings. The number of aliphatic hydroxyl groups is 1. The average molecular weight is 356 g/mol. The lowest BCUT2D eigenvalue weighted by atomic mass is 9.97. The third-order valence-corrected chi connectivity index (χ3v) is 3.65. The van der Waals surface area contributed by atoms with Crippen LogP contribution in [0.2, 0.25) is 0 Å². The standard InChI is InChI=1S/C14H17F5N2O3/c15-13(16,8-22)12(21-5-3-20-4-6-21)10-7-9(1-2-11(10)23)24-14(17,18)19/h1-2,7,12,20,22-23H,3-6,8H2/t12-/m1/s1. The lowest BCUT2D eigenvalue weighted by Crippen LogP contribution is -2.51. The molecule has 5 nitrogen and oxygen atoms in total. The maximum absolute atomic E-state index is 14.3. The van der Waals surface area contributed by atoms with Gasteiger partial charge in [-0.1, -0.05) is 0 Å². The number of aliphatic hydroxyl groups excluding tert-OH is 1. The van der Waals surface area contributed by atoms with Crippen LogP contribution in [0.15, 0.2) is 18.2 Å². The molecule has 0 amide bonds. The molecule has 1 aromatic rings. The first-order chi connectivity index (χ1) is 11.1. The number of phenolic OH excluding ortho intramolecular Hbond substituents is 1. The van der Waals surface area contributed by atoms with E-state index in [1.807, 2.05) is 0 Å². The summed E-state index contributed by atoms with van der Waals surface area (Å²) < 4.78 is 69.2. The maximum Gasteiger partial charge on any atom is 0.573 e.